The molecule has 1 aromatic carbocycles. The first-order chi connectivity index (χ1) is 14.0. The van der Waals surface area contributed by atoms with Crippen LogP contribution in [-0.2, 0) is 27.2 Å². The normalized spacial score (nSPS) is 11.8. The van der Waals surface area contributed by atoms with E-state index >= 15 is 0 Å². The van der Waals surface area contributed by atoms with E-state index < -0.39 is 6.04 Å². The first kappa shape index (κ1) is 25.2. The molecule has 0 aromatic heterocycles. The van der Waals surface area contributed by atoms with Crippen LogP contribution in [0.1, 0.15) is 96.1 Å². The molecule has 0 heterocycles. The molecule has 1 rings (SSSR count). The zero-order valence-corrected chi connectivity index (χ0v) is 18.8. The lowest BCUT2D eigenvalue weighted by molar-refractivity contribution is -0.147. The Kier molecular flexibility index (Phi) is 13.9. The molecule has 0 fully saturated rings. The van der Waals surface area contributed by atoms with Crippen LogP contribution in [0.25, 0.3) is 0 Å². The third-order valence-corrected chi connectivity index (χ3v) is 5.22. The van der Waals surface area contributed by atoms with Gasteiger partial charge in [-0.05, 0) is 50.2 Å². The van der Waals surface area contributed by atoms with E-state index in [1.807, 2.05) is 0 Å². The molecular weight excluding hydrogens is 362 g/mol. The van der Waals surface area contributed by atoms with Crippen LogP contribution in [0, 0.1) is 0 Å². The van der Waals surface area contributed by atoms with E-state index in [2.05, 4.69) is 36.5 Å². The minimum absolute atomic E-state index is 0.218. The summed E-state index contributed by atoms with van der Waals surface area (Å²) < 4.78 is 5.19. The second-order valence-corrected chi connectivity index (χ2v) is 8.09. The lowest BCUT2D eigenvalue weighted by atomic mass is 10.0. The molecule has 0 aliphatic rings. The quantitative estimate of drug-likeness (QED) is 0.282. The van der Waals surface area contributed by atoms with Crippen molar-refractivity contribution in [3.63, 3.8) is 0 Å². The number of hydrogen-bond donors (Lipinski definition) is 1. The molecule has 1 amide bonds. The molecule has 0 saturated carbocycles. The molecule has 1 aromatic rings. The number of aryl methyl sites for hydroxylation is 2. The third kappa shape index (κ3) is 13.1. The van der Waals surface area contributed by atoms with Crippen molar-refractivity contribution in [3.05, 3.63) is 35.4 Å². The van der Waals surface area contributed by atoms with Crippen molar-refractivity contribution in [2.75, 3.05) is 6.61 Å². The molecule has 1 unspecified atom stereocenters. The van der Waals surface area contributed by atoms with Gasteiger partial charge >= 0.3 is 5.97 Å². The number of benzene rings is 1. The first-order valence-electron chi connectivity index (χ1n) is 11.5. The minimum Gasteiger partial charge on any atom is -0.464 e. The molecule has 0 saturated heterocycles. The van der Waals surface area contributed by atoms with Crippen LogP contribution in [0.2, 0.25) is 0 Å². The number of rotatable bonds is 16. The number of nitrogens with one attached hydrogen (secondary N) is 1. The van der Waals surface area contributed by atoms with Crippen LogP contribution in [0.15, 0.2) is 24.3 Å². The molecule has 4 nitrogen and oxygen atoms in total. The predicted molar refractivity (Wildman–Crippen MR) is 120 cm³/mol. The summed E-state index contributed by atoms with van der Waals surface area (Å²) in [5, 5.41) is 2.53. The SMILES string of the molecule is CCCCCCCCc1ccc(CCCCCCOC(=O)C(C)NC(C)=O)cc1. The molecule has 0 aliphatic heterocycles. The highest BCUT2D eigenvalue weighted by Gasteiger charge is 2.14. The zero-order chi connectivity index (χ0) is 21.3. The van der Waals surface area contributed by atoms with E-state index in [1.165, 1.54) is 63.0 Å². The van der Waals surface area contributed by atoms with Crippen LogP contribution in [0.4, 0.5) is 0 Å². The second kappa shape index (κ2) is 16.0. The van der Waals surface area contributed by atoms with Crippen LogP contribution in [-0.4, -0.2) is 24.5 Å². The Morgan fingerprint density at radius 1 is 0.828 bits per heavy atom. The highest BCUT2D eigenvalue weighted by atomic mass is 16.5. The van der Waals surface area contributed by atoms with Gasteiger partial charge in [-0.15, -0.1) is 0 Å². The molecule has 0 spiro atoms. The number of carbonyl (C=O) groups is 2. The van der Waals surface area contributed by atoms with E-state index in [4.69, 9.17) is 4.74 Å². The maximum Gasteiger partial charge on any atom is 0.328 e. The Hall–Kier alpha value is -1.84. The smallest absolute Gasteiger partial charge is 0.328 e. The Balaban J connectivity index is 2.04. The molecule has 29 heavy (non-hydrogen) atoms. The number of unbranched alkanes of at least 4 members (excludes halogenated alkanes) is 8. The van der Waals surface area contributed by atoms with Crippen LogP contribution in [0.3, 0.4) is 0 Å². The van der Waals surface area contributed by atoms with Gasteiger partial charge in [0, 0.05) is 6.92 Å². The van der Waals surface area contributed by atoms with E-state index in [9.17, 15) is 9.59 Å². The number of carbonyl (C=O) groups excluding carboxylic acids is 2. The third-order valence-electron chi connectivity index (χ3n) is 5.22. The summed E-state index contributed by atoms with van der Waals surface area (Å²) in [6.45, 7) is 5.72. The summed E-state index contributed by atoms with van der Waals surface area (Å²) >= 11 is 0. The van der Waals surface area contributed by atoms with E-state index in [0.717, 1.165) is 32.1 Å². The Labute approximate surface area is 177 Å². The first-order valence-corrected chi connectivity index (χ1v) is 11.5. The van der Waals surface area contributed by atoms with E-state index in [-0.39, 0.29) is 11.9 Å². The van der Waals surface area contributed by atoms with Crippen LogP contribution >= 0.6 is 0 Å². The van der Waals surface area contributed by atoms with Crippen molar-refractivity contribution in [1.82, 2.24) is 5.32 Å². The lowest BCUT2D eigenvalue weighted by Crippen LogP contribution is -2.38. The standard InChI is InChI=1S/C25H41NO3/c1-4-5-6-7-8-11-14-23-16-18-24(19-17-23)15-12-9-10-13-20-29-25(28)21(2)26-22(3)27/h16-19,21H,4-15,20H2,1-3H3,(H,26,27). The van der Waals surface area contributed by atoms with Crippen molar-refractivity contribution in [1.29, 1.82) is 0 Å². The summed E-state index contributed by atoms with van der Waals surface area (Å²) in [6, 6.07) is 8.56. The maximum absolute atomic E-state index is 11.7. The number of ether oxygens (including phenoxy) is 1. The lowest BCUT2D eigenvalue weighted by Gasteiger charge is -2.11. The molecular formula is C25H41NO3. The molecule has 4 heteroatoms. The summed E-state index contributed by atoms with van der Waals surface area (Å²) in [5.41, 5.74) is 2.87. The van der Waals surface area contributed by atoms with Gasteiger partial charge in [0.2, 0.25) is 5.91 Å². The molecule has 0 aliphatic carbocycles. The van der Waals surface area contributed by atoms with Gasteiger partial charge < -0.3 is 10.1 Å². The monoisotopic (exact) mass is 403 g/mol. The highest BCUT2D eigenvalue weighted by molar-refractivity contribution is 5.82. The molecule has 1 N–H and O–H groups in total. The van der Waals surface area contributed by atoms with Gasteiger partial charge in [-0.1, -0.05) is 76.1 Å². The topological polar surface area (TPSA) is 55.4 Å². The maximum atomic E-state index is 11.7. The Bertz CT molecular complexity index is 568. The van der Waals surface area contributed by atoms with Crippen molar-refractivity contribution < 1.29 is 14.3 Å². The summed E-state index contributed by atoms with van der Waals surface area (Å²) in [6.07, 6.45) is 14.6. The Morgan fingerprint density at radius 3 is 1.83 bits per heavy atom. The fourth-order valence-electron chi connectivity index (χ4n) is 3.43. The van der Waals surface area contributed by atoms with Crippen molar-refractivity contribution in [2.24, 2.45) is 0 Å². The molecule has 1 atom stereocenters. The van der Waals surface area contributed by atoms with Gasteiger partial charge in [0.05, 0.1) is 6.61 Å². The number of esters is 1. The van der Waals surface area contributed by atoms with Gasteiger partial charge in [-0.2, -0.15) is 0 Å². The van der Waals surface area contributed by atoms with Crippen molar-refractivity contribution >= 4 is 11.9 Å². The Morgan fingerprint density at radius 2 is 1.31 bits per heavy atom. The van der Waals surface area contributed by atoms with Gasteiger partial charge in [0.25, 0.3) is 0 Å². The van der Waals surface area contributed by atoms with Crippen molar-refractivity contribution in [3.8, 4) is 0 Å². The number of amides is 1. The summed E-state index contributed by atoms with van der Waals surface area (Å²) in [5.74, 6) is -0.578. The van der Waals surface area contributed by atoms with Gasteiger partial charge in [0.1, 0.15) is 6.04 Å². The van der Waals surface area contributed by atoms with E-state index in [0.29, 0.717) is 6.61 Å². The van der Waals surface area contributed by atoms with Gasteiger partial charge in [0.15, 0.2) is 0 Å². The molecule has 164 valence electrons. The molecule has 0 radical (unpaired) electrons. The van der Waals surface area contributed by atoms with E-state index in [1.54, 1.807) is 6.92 Å². The van der Waals surface area contributed by atoms with Crippen molar-refractivity contribution in [2.45, 2.75) is 104 Å². The van der Waals surface area contributed by atoms with Crippen LogP contribution in [0.5, 0.6) is 0 Å². The summed E-state index contributed by atoms with van der Waals surface area (Å²) in [4.78, 5) is 22.6. The highest BCUT2D eigenvalue weighted by Crippen LogP contribution is 2.13. The largest absolute Gasteiger partial charge is 0.464 e. The fourth-order valence-corrected chi connectivity index (χ4v) is 3.43. The van der Waals surface area contributed by atoms with Gasteiger partial charge in [-0.3, -0.25) is 4.79 Å². The predicted octanol–water partition coefficient (Wildman–Crippen LogP) is 5.76. The summed E-state index contributed by atoms with van der Waals surface area (Å²) in [7, 11) is 0. The average Bonchev–Trinajstić information content (AvgIpc) is 2.70. The fraction of sp³-hybridized carbons (Fsp3) is 0.680. The second-order valence-electron chi connectivity index (χ2n) is 8.09. The number of hydrogen-bond acceptors (Lipinski definition) is 3. The minimum atomic E-state index is -0.573. The van der Waals surface area contributed by atoms with Crippen LogP contribution < -0.4 is 5.32 Å². The van der Waals surface area contributed by atoms with Gasteiger partial charge in [-0.25, -0.2) is 4.79 Å². The molecule has 0 bridgehead atoms. The average molecular weight is 404 g/mol. The zero-order valence-electron chi connectivity index (χ0n) is 18.8.